The van der Waals surface area contributed by atoms with Crippen LogP contribution in [-0.4, -0.2) is 23.7 Å². The van der Waals surface area contributed by atoms with Crippen molar-refractivity contribution in [1.82, 2.24) is 0 Å². The quantitative estimate of drug-likeness (QED) is 0.441. The van der Waals surface area contributed by atoms with Crippen LogP contribution in [-0.2, 0) is 4.74 Å². The molecule has 0 aliphatic heterocycles. The smallest absolute Gasteiger partial charge is 0.339 e. The molecule has 29 heavy (non-hydrogen) atoms. The third-order valence-electron chi connectivity index (χ3n) is 3.90. The van der Waals surface area contributed by atoms with Crippen LogP contribution in [0, 0.1) is 0 Å². The van der Waals surface area contributed by atoms with Gasteiger partial charge in [0.2, 0.25) is 0 Å². The predicted molar refractivity (Wildman–Crippen MR) is 107 cm³/mol. The minimum absolute atomic E-state index is 0.0434. The standard InChI is InChI=1S/C22H19NO6/c1-2-27-22(26)17-12-11-16(13-18(17)21(24)25)29-20-6-4-3-5-19(20)28-15-9-7-14(23)8-10-15/h3-13H,2,23H2,1H3,(H,24,25). The lowest BCUT2D eigenvalue weighted by Gasteiger charge is -2.13. The summed E-state index contributed by atoms with van der Waals surface area (Å²) in [4.78, 5) is 23.5. The van der Waals surface area contributed by atoms with E-state index in [2.05, 4.69) is 0 Å². The second-order valence-corrected chi connectivity index (χ2v) is 5.95. The number of carboxylic acids is 1. The van der Waals surface area contributed by atoms with Crippen molar-refractivity contribution in [2.24, 2.45) is 0 Å². The Morgan fingerprint density at radius 2 is 1.45 bits per heavy atom. The van der Waals surface area contributed by atoms with E-state index in [-0.39, 0.29) is 23.5 Å². The Balaban J connectivity index is 1.88. The van der Waals surface area contributed by atoms with Gasteiger partial charge in [-0.2, -0.15) is 0 Å². The van der Waals surface area contributed by atoms with Gasteiger partial charge in [0.1, 0.15) is 11.5 Å². The summed E-state index contributed by atoms with van der Waals surface area (Å²) in [5.41, 5.74) is 6.04. The fourth-order valence-electron chi connectivity index (χ4n) is 2.56. The molecule has 7 heteroatoms. The molecule has 0 radical (unpaired) electrons. The van der Waals surface area contributed by atoms with Gasteiger partial charge in [-0.05, 0) is 61.5 Å². The molecule has 7 nitrogen and oxygen atoms in total. The topological polar surface area (TPSA) is 108 Å². The fourth-order valence-corrected chi connectivity index (χ4v) is 2.56. The Morgan fingerprint density at radius 3 is 2.03 bits per heavy atom. The van der Waals surface area contributed by atoms with Crippen molar-refractivity contribution in [1.29, 1.82) is 0 Å². The van der Waals surface area contributed by atoms with E-state index in [0.29, 0.717) is 22.9 Å². The van der Waals surface area contributed by atoms with Crippen molar-refractivity contribution in [2.45, 2.75) is 6.92 Å². The van der Waals surface area contributed by atoms with Crippen LogP contribution in [0.25, 0.3) is 0 Å². The summed E-state index contributed by atoms with van der Waals surface area (Å²) in [7, 11) is 0. The molecule has 0 aliphatic carbocycles. The number of anilines is 1. The summed E-state index contributed by atoms with van der Waals surface area (Å²) in [6, 6.07) is 18.0. The van der Waals surface area contributed by atoms with Gasteiger partial charge in [-0.1, -0.05) is 12.1 Å². The molecule has 0 amide bonds. The van der Waals surface area contributed by atoms with Crippen LogP contribution in [0.15, 0.2) is 66.7 Å². The number of para-hydroxylation sites is 2. The Bertz CT molecular complexity index is 1030. The second-order valence-electron chi connectivity index (χ2n) is 5.95. The van der Waals surface area contributed by atoms with Gasteiger partial charge in [0.25, 0.3) is 0 Å². The van der Waals surface area contributed by atoms with Crippen LogP contribution in [0.1, 0.15) is 27.6 Å². The minimum atomic E-state index is -1.26. The van der Waals surface area contributed by atoms with Crippen molar-refractivity contribution in [3.63, 3.8) is 0 Å². The number of benzene rings is 3. The van der Waals surface area contributed by atoms with E-state index in [1.807, 2.05) is 0 Å². The van der Waals surface area contributed by atoms with Crippen LogP contribution in [0.2, 0.25) is 0 Å². The zero-order valence-electron chi connectivity index (χ0n) is 15.6. The van der Waals surface area contributed by atoms with E-state index in [0.717, 1.165) is 0 Å². The highest BCUT2D eigenvalue weighted by atomic mass is 16.5. The average molecular weight is 393 g/mol. The summed E-state index contributed by atoms with van der Waals surface area (Å²) < 4.78 is 16.6. The monoisotopic (exact) mass is 393 g/mol. The van der Waals surface area contributed by atoms with Crippen LogP contribution in [0.5, 0.6) is 23.0 Å². The number of nitrogen functional groups attached to an aromatic ring is 1. The summed E-state index contributed by atoms with van der Waals surface area (Å²) in [5, 5.41) is 9.45. The molecule has 0 bridgehead atoms. The number of hydrogen-bond donors (Lipinski definition) is 2. The maximum absolute atomic E-state index is 12.0. The Labute approximate surface area is 167 Å². The highest BCUT2D eigenvalue weighted by Crippen LogP contribution is 2.35. The minimum Gasteiger partial charge on any atom is -0.478 e. The first kappa shape index (κ1) is 19.8. The number of hydrogen-bond acceptors (Lipinski definition) is 6. The van der Waals surface area contributed by atoms with Crippen molar-refractivity contribution in [2.75, 3.05) is 12.3 Å². The van der Waals surface area contributed by atoms with Crippen LogP contribution >= 0.6 is 0 Å². The number of carbonyl (C=O) groups is 2. The average Bonchev–Trinajstić information content (AvgIpc) is 2.71. The summed E-state index contributed by atoms with van der Waals surface area (Å²) in [5.74, 6) is -0.343. The molecule has 148 valence electrons. The maximum atomic E-state index is 12.0. The normalized spacial score (nSPS) is 10.2. The highest BCUT2D eigenvalue weighted by molar-refractivity contribution is 6.02. The van der Waals surface area contributed by atoms with Gasteiger partial charge in [0.05, 0.1) is 17.7 Å². The Hall–Kier alpha value is -4.00. The van der Waals surface area contributed by atoms with Gasteiger partial charge in [-0.15, -0.1) is 0 Å². The maximum Gasteiger partial charge on any atom is 0.339 e. The molecule has 0 saturated carbocycles. The molecule has 0 heterocycles. The first-order valence-electron chi connectivity index (χ1n) is 8.82. The fraction of sp³-hybridized carbons (Fsp3) is 0.0909. The van der Waals surface area contributed by atoms with E-state index < -0.39 is 11.9 Å². The summed E-state index contributed by atoms with van der Waals surface area (Å²) in [6.45, 7) is 1.79. The van der Waals surface area contributed by atoms with E-state index in [4.69, 9.17) is 19.9 Å². The lowest BCUT2D eigenvalue weighted by Crippen LogP contribution is -2.11. The highest BCUT2D eigenvalue weighted by Gasteiger charge is 2.19. The zero-order chi connectivity index (χ0) is 20.8. The van der Waals surface area contributed by atoms with Gasteiger partial charge in [0.15, 0.2) is 11.5 Å². The molecule has 0 atom stereocenters. The van der Waals surface area contributed by atoms with Gasteiger partial charge in [-0.25, -0.2) is 9.59 Å². The van der Waals surface area contributed by atoms with Gasteiger partial charge < -0.3 is 25.1 Å². The molecule has 0 aromatic heterocycles. The van der Waals surface area contributed by atoms with Crippen molar-refractivity contribution >= 4 is 17.6 Å². The molecule has 3 rings (SSSR count). The SMILES string of the molecule is CCOC(=O)c1ccc(Oc2ccccc2Oc2ccc(N)cc2)cc1C(=O)O. The molecule has 3 aromatic rings. The summed E-state index contributed by atoms with van der Waals surface area (Å²) in [6.07, 6.45) is 0. The molecule has 0 aliphatic rings. The first-order chi connectivity index (χ1) is 14.0. The summed E-state index contributed by atoms with van der Waals surface area (Å²) >= 11 is 0. The van der Waals surface area contributed by atoms with E-state index >= 15 is 0 Å². The largest absolute Gasteiger partial charge is 0.478 e. The van der Waals surface area contributed by atoms with Gasteiger partial charge in [-0.3, -0.25) is 0 Å². The van der Waals surface area contributed by atoms with Crippen LogP contribution in [0.3, 0.4) is 0 Å². The van der Waals surface area contributed by atoms with E-state index in [1.54, 1.807) is 55.5 Å². The lowest BCUT2D eigenvalue weighted by molar-refractivity contribution is 0.0514. The van der Waals surface area contributed by atoms with Crippen molar-refractivity contribution < 1.29 is 28.9 Å². The Morgan fingerprint density at radius 1 is 0.862 bits per heavy atom. The number of nitrogens with two attached hydrogens (primary N) is 1. The number of rotatable bonds is 7. The van der Waals surface area contributed by atoms with Crippen LogP contribution in [0.4, 0.5) is 5.69 Å². The Kier molecular flexibility index (Phi) is 5.99. The number of carboxylic acid groups (broad SMARTS) is 1. The van der Waals surface area contributed by atoms with Gasteiger partial charge in [0, 0.05) is 5.69 Å². The van der Waals surface area contributed by atoms with E-state index in [9.17, 15) is 14.7 Å². The second kappa shape index (κ2) is 8.79. The molecule has 0 saturated heterocycles. The molecular weight excluding hydrogens is 374 g/mol. The van der Waals surface area contributed by atoms with Crippen molar-refractivity contribution in [3.05, 3.63) is 77.9 Å². The number of aromatic carboxylic acids is 1. The molecule has 0 spiro atoms. The molecule has 3 aromatic carbocycles. The van der Waals surface area contributed by atoms with E-state index in [1.165, 1.54) is 18.2 Å². The lowest BCUT2D eigenvalue weighted by atomic mass is 10.1. The molecule has 0 unspecified atom stereocenters. The molecule has 3 N–H and O–H groups in total. The third kappa shape index (κ3) is 4.84. The number of ether oxygens (including phenoxy) is 3. The number of carbonyl (C=O) groups excluding carboxylic acids is 1. The first-order valence-corrected chi connectivity index (χ1v) is 8.82. The van der Waals surface area contributed by atoms with Gasteiger partial charge >= 0.3 is 11.9 Å². The zero-order valence-corrected chi connectivity index (χ0v) is 15.6. The molecule has 0 fully saturated rings. The van der Waals surface area contributed by atoms with Crippen molar-refractivity contribution in [3.8, 4) is 23.0 Å². The van der Waals surface area contributed by atoms with Crippen LogP contribution < -0.4 is 15.2 Å². The molecular formula is C22H19NO6. The predicted octanol–water partition coefficient (Wildman–Crippen LogP) is 4.73. The third-order valence-corrected chi connectivity index (χ3v) is 3.90. The number of esters is 1.